The summed E-state index contributed by atoms with van der Waals surface area (Å²) >= 11 is 0. The number of ether oxygens (including phenoxy) is 2. The molecule has 12 heteroatoms. The van der Waals surface area contributed by atoms with Crippen molar-refractivity contribution in [3.05, 3.63) is 66.1 Å². The van der Waals surface area contributed by atoms with Gasteiger partial charge in [0.2, 0.25) is 5.91 Å². The van der Waals surface area contributed by atoms with Crippen molar-refractivity contribution in [1.82, 2.24) is 19.4 Å². The minimum atomic E-state index is -3.92. The zero-order valence-corrected chi connectivity index (χ0v) is 25.0. The van der Waals surface area contributed by atoms with Crippen LogP contribution in [0.3, 0.4) is 0 Å². The average Bonchev–Trinajstić information content (AvgIpc) is 3.40. The Bertz CT molecular complexity index is 1440. The first-order valence-electron chi connectivity index (χ1n) is 13.5. The van der Waals surface area contributed by atoms with Crippen molar-refractivity contribution in [2.45, 2.75) is 44.0 Å². The number of anilines is 1. The number of hydrogen-bond donors (Lipinski definition) is 2. The van der Waals surface area contributed by atoms with Crippen LogP contribution in [-0.4, -0.2) is 84.8 Å². The van der Waals surface area contributed by atoms with Crippen molar-refractivity contribution < 1.29 is 27.8 Å². The third-order valence-corrected chi connectivity index (χ3v) is 8.49. The van der Waals surface area contributed by atoms with Crippen LogP contribution in [-0.2, 0) is 34.8 Å². The summed E-state index contributed by atoms with van der Waals surface area (Å²) in [6.07, 6.45) is 2.54. The van der Waals surface area contributed by atoms with E-state index in [0.29, 0.717) is 36.6 Å². The molecular weight excluding hydrogens is 546 g/mol. The number of aromatic nitrogens is 2. The normalized spacial score (nSPS) is 18.6. The van der Waals surface area contributed by atoms with Gasteiger partial charge in [0, 0.05) is 50.0 Å². The molecular formula is C29H39N5O6S. The molecule has 1 amide bonds. The van der Waals surface area contributed by atoms with E-state index in [9.17, 15) is 18.3 Å². The van der Waals surface area contributed by atoms with Crippen LogP contribution in [0.15, 0.2) is 60.0 Å². The quantitative estimate of drug-likeness (QED) is 0.372. The molecule has 11 nitrogen and oxygen atoms in total. The summed E-state index contributed by atoms with van der Waals surface area (Å²) in [5.74, 6) is 1.10. The van der Waals surface area contributed by atoms with Gasteiger partial charge in [0.1, 0.15) is 17.6 Å². The first-order chi connectivity index (χ1) is 19.5. The fourth-order valence-electron chi connectivity index (χ4n) is 4.86. The molecule has 0 radical (unpaired) electrons. The van der Waals surface area contributed by atoms with Crippen molar-refractivity contribution in [1.29, 1.82) is 0 Å². The van der Waals surface area contributed by atoms with Gasteiger partial charge in [-0.3, -0.25) is 14.4 Å². The summed E-state index contributed by atoms with van der Waals surface area (Å²) in [5, 5.41) is 9.78. The molecule has 0 aliphatic carbocycles. The van der Waals surface area contributed by atoms with Crippen molar-refractivity contribution in [2.75, 3.05) is 38.6 Å². The summed E-state index contributed by atoms with van der Waals surface area (Å²) in [6.45, 7) is 5.36. The Hall–Kier alpha value is -3.61. The van der Waals surface area contributed by atoms with E-state index in [4.69, 9.17) is 9.47 Å². The fourth-order valence-corrected chi connectivity index (χ4v) is 5.89. The largest absolute Gasteiger partial charge is 0.497 e. The van der Waals surface area contributed by atoms with E-state index in [2.05, 4.69) is 14.6 Å². The summed E-state index contributed by atoms with van der Waals surface area (Å²) in [5.41, 5.74) is 1.98. The Labute approximate surface area is 241 Å². The Kier molecular flexibility index (Phi) is 9.57. The van der Waals surface area contributed by atoms with Crippen molar-refractivity contribution in [3.8, 4) is 11.5 Å². The number of benzene rings is 2. The van der Waals surface area contributed by atoms with Crippen LogP contribution in [0.4, 0.5) is 5.69 Å². The number of nitrogens with zero attached hydrogens (tertiary/aromatic N) is 4. The van der Waals surface area contributed by atoms with E-state index < -0.39 is 10.0 Å². The number of methoxy groups -OCH3 is 1. The number of aryl methyl sites for hydroxylation is 1. The average molecular weight is 586 g/mol. The molecule has 3 aromatic rings. The number of aliphatic hydroxyl groups is 1. The smallest absolute Gasteiger partial charge is 0.280 e. The topological polar surface area (TPSA) is 126 Å². The number of amides is 1. The summed E-state index contributed by atoms with van der Waals surface area (Å²) in [4.78, 5) is 21.2. The zero-order valence-electron chi connectivity index (χ0n) is 24.1. The van der Waals surface area contributed by atoms with E-state index in [0.717, 1.165) is 11.3 Å². The van der Waals surface area contributed by atoms with Gasteiger partial charge in [0.15, 0.2) is 5.03 Å². The standard InChI is InChI=1S/C29H39N5O6S/c1-20-14-34(21(2)18-35)29(36)13-23-12-24(31-41(37,38)28-17-33(4)19-30-28)8-11-26(23)40-27(20)16-32(3)15-22-6-9-25(39-5)10-7-22/h6-12,17,19-21,27,31,35H,13-16,18H2,1-5H3/t20-,21-,27+/m0/s1. The predicted molar refractivity (Wildman–Crippen MR) is 155 cm³/mol. The van der Waals surface area contributed by atoms with Gasteiger partial charge in [-0.1, -0.05) is 19.1 Å². The first kappa shape index (κ1) is 30.4. The fraction of sp³-hybridized carbons (Fsp3) is 0.448. The van der Waals surface area contributed by atoms with Crippen molar-refractivity contribution >= 4 is 21.6 Å². The summed E-state index contributed by atoms with van der Waals surface area (Å²) in [7, 11) is 1.42. The SMILES string of the molecule is COc1ccc(CN(C)C[C@H]2Oc3ccc(NS(=O)(=O)c4cn(C)cn4)cc3CC(=O)N([C@@H](C)CO)C[C@@H]2C)cc1. The third-order valence-electron chi connectivity index (χ3n) is 7.23. The molecule has 1 aliphatic rings. The van der Waals surface area contributed by atoms with Crippen molar-refractivity contribution in [2.24, 2.45) is 13.0 Å². The maximum Gasteiger partial charge on any atom is 0.280 e. The molecule has 0 saturated heterocycles. The lowest BCUT2D eigenvalue weighted by molar-refractivity contribution is -0.134. The second kappa shape index (κ2) is 12.9. The predicted octanol–water partition coefficient (Wildman–Crippen LogP) is 2.51. The lowest BCUT2D eigenvalue weighted by Gasteiger charge is -2.34. The van der Waals surface area contributed by atoms with E-state index >= 15 is 0 Å². The number of carbonyl (C=O) groups is 1. The molecule has 2 aromatic carbocycles. The highest BCUT2D eigenvalue weighted by atomic mass is 32.2. The molecule has 0 unspecified atom stereocenters. The van der Waals surface area contributed by atoms with Gasteiger partial charge in [-0.2, -0.15) is 8.42 Å². The van der Waals surface area contributed by atoms with Gasteiger partial charge in [0.05, 0.1) is 32.5 Å². The van der Waals surface area contributed by atoms with Gasteiger partial charge < -0.3 is 24.0 Å². The first-order valence-corrected chi connectivity index (χ1v) is 15.0. The highest BCUT2D eigenvalue weighted by Crippen LogP contribution is 2.30. The number of nitrogens with one attached hydrogen (secondary N) is 1. The lowest BCUT2D eigenvalue weighted by atomic mass is 10.0. The zero-order chi connectivity index (χ0) is 29.7. The third kappa shape index (κ3) is 7.57. The molecule has 0 spiro atoms. The molecule has 3 atom stereocenters. The number of likely N-dealkylation sites (N-methyl/N-ethyl adjacent to an activating group) is 1. The second-order valence-corrected chi connectivity index (χ2v) is 12.4. The van der Waals surface area contributed by atoms with E-state index in [1.165, 1.54) is 12.5 Å². The van der Waals surface area contributed by atoms with Gasteiger partial charge >= 0.3 is 0 Å². The molecule has 41 heavy (non-hydrogen) atoms. The second-order valence-electron chi connectivity index (χ2n) is 10.7. The molecule has 1 aliphatic heterocycles. The monoisotopic (exact) mass is 585 g/mol. The summed E-state index contributed by atoms with van der Waals surface area (Å²) in [6, 6.07) is 12.5. The number of sulfonamides is 1. The Morgan fingerprint density at radius 1 is 1.24 bits per heavy atom. The minimum absolute atomic E-state index is 0.0000442. The number of rotatable bonds is 10. The molecule has 222 valence electrons. The van der Waals surface area contributed by atoms with E-state index in [1.54, 1.807) is 41.8 Å². The molecule has 2 heterocycles. The number of carbonyl (C=O) groups excluding carboxylic acids is 1. The summed E-state index contributed by atoms with van der Waals surface area (Å²) < 4.78 is 41.7. The van der Waals surface area contributed by atoms with Crippen LogP contribution in [0.25, 0.3) is 0 Å². The number of aliphatic hydroxyl groups excluding tert-OH is 1. The minimum Gasteiger partial charge on any atom is -0.497 e. The van der Waals surface area contributed by atoms with Gasteiger partial charge in [-0.05, 0) is 49.9 Å². The number of fused-ring (bicyclic) bond motifs is 1. The highest BCUT2D eigenvalue weighted by Gasteiger charge is 2.31. The van der Waals surface area contributed by atoms with Crippen molar-refractivity contribution in [3.63, 3.8) is 0 Å². The van der Waals surface area contributed by atoms with Crippen LogP contribution in [0, 0.1) is 5.92 Å². The maximum absolute atomic E-state index is 13.5. The van der Waals surface area contributed by atoms with E-state index in [-0.39, 0.29) is 42.0 Å². The van der Waals surface area contributed by atoms with E-state index in [1.807, 2.05) is 45.2 Å². The number of imidazole rings is 1. The molecule has 4 rings (SSSR count). The highest BCUT2D eigenvalue weighted by molar-refractivity contribution is 7.92. The molecule has 0 bridgehead atoms. The van der Waals surface area contributed by atoms with Crippen LogP contribution in [0.5, 0.6) is 11.5 Å². The maximum atomic E-state index is 13.5. The van der Waals surface area contributed by atoms with Crippen LogP contribution in [0.1, 0.15) is 25.0 Å². The van der Waals surface area contributed by atoms with Crippen LogP contribution >= 0.6 is 0 Å². The lowest BCUT2D eigenvalue weighted by Crippen LogP contribution is -2.47. The Morgan fingerprint density at radius 3 is 2.61 bits per heavy atom. The number of hydrogen-bond acceptors (Lipinski definition) is 8. The van der Waals surface area contributed by atoms with Crippen LogP contribution in [0.2, 0.25) is 0 Å². The Balaban J connectivity index is 1.61. The molecule has 2 N–H and O–H groups in total. The van der Waals surface area contributed by atoms with Gasteiger partial charge in [-0.15, -0.1) is 0 Å². The van der Waals surface area contributed by atoms with Crippen LogP contribution < -0.4 is 14.2 Å². The van der Waals surface area contributed by atoms with Gasteiger partial charge in [-0.25, -0.2) is 4.98 Å². The molecule has 1 aromatic heterocycles. The Morgan fingerprint density at radius 2 is 1.98 bits per heavy atom. The molecule has 0 fully saturated rings. The molecule has 0 saturated carbocycles. The van der Waals surface area contributed by atoms with Gasteiger partial charge in [0.25, 0.3) is 10.0 Å².